The van der Waals surface area contributed by atoms with Crippen LogP contribution in [0.2, 0.25) is 0 Å². The number of carbonyl (C=O) groups excluding carboxylic acids is 1. The summed E-state index contributed by atoms with van der Waals surface area (Å²) in [5.41, 5.74) is 0.822. The van der Waals surface area contributed by atoms with Gasteiger partial charge in [-0.25, -0.2) is 0 Å². The first kappa shape index (κ1) is 18.0. The summed E-state index contributed by atoms with van der Waals surface area (Å²) in [6, 6.07) is 9.58. The molecule has 6 nitrogen and oxygen atoms in total. The van der Waals surface area contributed by atoms with Crippen molar-refractivity contribution >= 4 is 18.5 Å². The van der Waals surface area contributed by atoms with Gasteiger partial charge < -0.3 is 14.5 Å². The molecular formula is C19H29N4O2+. The van der Waals surface area contributed by atoms with Gasteiger partial charge in [0.2, 0.25) is 0 Å². The Hall–Kier alpha value is -1.76. The molecule has 25 heavy (non-hydrogen) atoms. The number of likely N-dealkylation sites (N-methyl/N-ethyl adjacent to an activating group) is 1. The van der Waals surface area contributed by atoms with Crippen molar-refractivity contribution in [1.29, 1.82) is 0 Å². The van der Waals surface area contributed by atoms with E-state index in [4.69, 9.17) is 4.74 Å². The molecule has 2 aliphatic heterocycles. The van der Waals surface area contributed by atoms with E-state index in [-0.39, 0.29) is 16.8 Å². The van der Waals surface area contributed by atoms with Crippen LogP contribution in [0.5, 0.6) is 0 Å². The van der Waals surface area contributed by atoms with Gasteiger partial charge in [0.05, 0.1) is 0 Å². The summed E-state index contributed by atoms with van der Waals surface area (Å²) in [5.74, 6) is 0. The molecule has 2 fully saturated rings. The van der Waals surface area contributed by atoms with E-state index in [2.05, 4.69) is 28.7 Å². The number of para-hydroxylation sites is 1. The van der Waals surface area contributed by atoms with E-state index in [0.29, 0.717) is 6.54 Å². The molecule has 2 atom stereocenters. The summed E-state index contributed by atoms with van der Waals surface area (Å²) in [7, 11) is 2.18. The summed E-state index contributed by atoms with van der Waals surface area (Å²) in [5, 5.41) is 4.13. The number of carbonyl (C=O) groups is 1. The Morgan fingerprint density at radius 1 is 1.20 bits per heavy atom. The third-order valence-corrected chi connectivity index (χ3v) is 5.31. The number of ether oxygens (including phenoxy) is 1. The number of cyclic esters (lactones) is 1. The highest BCUT2D eigenvalue weighted by Crippen LogP contribution is 2.32. The van der Waals surface area contributed by atoms with Crippen molar-refractivity contribution in [3.05, 3.63) is 30.3 Å². The molecule has 2 unspecified atom stereocenters. The third kappa shape index (κ3) is 4.08. The van der Waals surface area contributed by atoms with Crippen molar-refractivity contribution in [1.82, 2.24) is 14.4 Å². The molecule has 0 aromatic heterocycles. The molecule has 0 aliphatic carbocycles. The zero-order chi connectivity index (χ0) is 17.7. The quantitative estimate of drug-likeness (QED) is 0.433. The van der Waals surface area contributed by atoms with Crippen LogP contribution in [-0.2, 0) is 4.74 Å². The Morgan fingerprint density at radius 2 is 1.92 bits per heavy atom. The second kappa shape index (κ2) is 8.08. The Bertz CT molecular complexity index is 586. The molecule has 0 radical (unpaired) electrons. The Balaban J connectivity index is 1.47. The number of hydrogen-bond acceptors (Lipinski definition) is 5. The SMILES string of the molecule is C=N[N+]1(c2ccccc2)CC(CCCCN2CCN(C)CC2)OC1=O. The van der Waals surface area contributed by atoms with E-state index in [0.717, 1.165) is 57.7 Å². The molecule has 1 aromatic carbocycles. The Kier molecular flexibility index (Phi) is 5.83. The van der Waals surface area contributed by atoms with Crippen molar-refractivity contribution in [2.75, 3.05) is 46.3 Å². The lowest BCUT2D eigenvalue weighted by atomic mass is 10.1. The maximum atomic E-state index is 12.5. The van der Waals surface area contributed by atoms with Crippen LogP contribution in [0.25, 0.3) is 0 Å². The molecule has 2 aliphatic rings. The van der Waals surface area contributed by atoms with Gasteiger partial charge in [0.15, 0.2) is 18.3 Å². The highest BCUT2D eigenvalue weighted by molar-refractivity contribution is 5.84. The van der Waals surface area contributed by atoms with Crippen LogP contribution in [0.1, 0.15) is 19.3 Å². The van der Waals surface area contributed by atoms with E-state index in [1.54, 1.807) is 0 Å². The van der Waals surface area contributed by atoms with Crippen molar-refractivity contribution < 1.29 is 9.53 Å². The summed E-state index contributed by atoms with van der Waals surface area (Å²) >= 11 is 0. The van der Waals surface area contributed by atoms with E-state index in [9.17, 15) is 4.79 Å². The number of benzene rings is 1. The van der Waals surface area contributed by atoms with Crippen molar-refractivity contribution in [3.63, 3.8) is 0 Å². The molecule has 0 N–H and O–H groups in total. The van der Waals surface area contributed by atoms with Gasteiger partial charge in [-0.15, -0.1) is 0 Å². The van der Waals surface area contributed by atoms with Gasteiger partial charge in [-0.2, -0.15) is 4.79 Å². The largest absolute Gasteiger partial charge is 0.549 e. The van der Waals surface area contributed by atoms with Crippen molar-refractivity contribution in [2.24, 2.45) is 5.10 Å². The van der Waals surface area contributed by atoms with E-state index in [1.165, 1.54) is 0 Å². The smallest absolute Gasteiger partial charge is 0.408 e. The summed E-state index contributed by atoms with van der Waals surface area (Å²) in [6.45, 7) is 9.95. The molecule has 0 saturated carbocycles. The number of piperazine rings is 1. The molecule has 136 valence electrons. The van der Waals surface area contributed by atoms with Gasteiger partial charge in [0, 0.05) is 45.0 Å². The van der Waals surface area contributed by atoms with Gasteiger partial charge >= 0.3 is 6.09 Å². The first-order valence-corrected chi connectivity index (χ1v) is 9.18. The molecule has 0 bridgehead atoms. The average molecular weight is 345 g/mol. The maximum absolute atomic E-state index is 12.5. The zero-order valence-electron chi connectivity index (χ0n) is 15.1. The zero-order valence-corrected chi connectivity index (χ0v) is 15.1. The van der Waals surface area contributed by atoms with Crippen LogP contribution in [-0.4, -0.2) is 75.0 Å². The fraction of sp³-hybridized carbons (Fsp3) is 0.579. The van der Waals surface area contributed by atoms with Crippen LogP contribution < -0.4 is 4.59 Å². The summed E-state index contributed by atoms with van der Waals surface area (Å²) < 4.78 is 5.46. The van der Waals surface area contributed by atoms with Gasteiger partial charge in [-0.1, -0.05) is 27.9 Å². The van der Waals surface area contributed by atoms with Crippen LogP contribution in [0, 0.1) is 0 Å². The highest BCUT2D eigenvalue weighted by atomic mass is 16.6. The standard InChI is InChI=1S/C19H29N4O2/c1-20-23(17-8-4-3-5-9-17)16-18(25-19(23)24)10-6-7-11-22-14-12-21(2)13-15-22/h3-5,8-9,18H,1,6-7,10-16H2,2H3/q+1. The second-order valence-electron chi connectivity index (χ2n) is 7.08. The predicted octanol–water partition coefficient (Wildman–Crippen LogP) is 2.55. The van der Waals surface area contributed by atoms with Gasteiger partial charge in [0.25, 0.3) is 0 Å². The van der Waals surface area contributed by atoms with Crippen molar-refractivity contribution in [2.45, 2.75) is 25.4 Å². The number of quaternary nitrogens is 1. The van der Waals surface area contributed by atoms with Crippen molar-refractivity contribution in [3.8, 4) is 0 Å². The molecule has 2 saturated heterocycles. The van der Waals surface area contributed by atoms with Gasteiger partial charge in [-0.05, 0) is 32.9 Å². The minimum Gasteiger partial charge on any atom is -0.408 e. The normalized spacial score (nSPS) is 28.0. The minimum absolute atomic E-state index is 0.0781. The maximum Gasteiger partial charge on any atom is 0.549 e. The lowest BCUT2D eigenvalue weighted by molar-refractivity contribution is 0.125. The lowest BCUT2D eigenvalue weighted by Crippen LogP contribution is -2.45. The molecule has 1 amide bonds. The highest BCUT2D eigenvalue weighted by Gasteiger charge is 2.51. The average Bonchev–Trinajstić information content (AvgIpc) is 2.98. The second-order valence-corrected chi connectivity index (χ2v) is 7.08. The first-order chi connectivity index (χ1) is 12.1. The molecule has 2 heterocycles. The third-order valence-electron chi connectivity index (χ3n) is 5.31. The molecule has 3 rings (SSSR count). The fourth-order valence-electron chi connectivity index (χ4n) is 3.65. The lowest BCUT2D eigenvalue weighted by Gasteiger charge is -2.32. The molecular weight excluding hydrogens is 316 g/mol. The minimum atomic E-state index is -0.315. The van der Waals surface area contributed by atoms with Gasteiger partial charge in [0.1, 0.15) is 0 Å². The van der Waals surface area contributed by atoms with E-state index in [1.807, 2.05) is 30.3 Å². The summed E-state index contributed by atoms with van der Waals surface area (Å²) in [4.78, 5) is 17.3. The van der Waals surface area contributed by atoms with Crippen LogP contribution >= 0.6 is 0 Å². The fourth-order valence-corrected chi connectivity index (χ4v) is 3.65. The monoisotopic (exact) mass is 345 g/mol. The first-order valence-electron chi connectivity index (χ1n) is 9.18. The number of rotatable bonds is 7. The van der Waals surface area contributed by atoms with Crippen LogP contribution in [0.4, 0.5) is 10.5 Å². The summed E-state index contributed by atoms with van der Waals surface area (Å²) in [6.07, 6.45) is 2.71. The van der Waals surface area contributed by atoms with Gasteiger partial charge in [-0.3, -0.25) is 0 Å². The van der Waals surface area contributed by atoms with Crippen LogP contribution in [0.3, 0.4) is 0 Å². The Labute approximate surface area is 150 Å². The van der Waals surface area contributed by atoms with E-state index < -0.39 is 0 Å². The Morgan fingerprint density at radius 3 is 2.60 bits per heavy atom. The molecule has 0 spiro atoms. The number of hydrogen-bond donors (Lipinski definition) is 0. The topological polar surface area (TPSA) is 45.1 Å². The van der Waals surface area contributed by atoms with Crippen LogP contribution in [0.15, 0.2) is 35.4 Å². The molecule has 6 heteroatoms. The van der Waals surface area contributed by atoms with E-state index >= 15 is 0 Å². The predicted molar refractivity (Wildman–Crippen MR) is 101 cm³/mol. The molecule has 1 aromatic rings. The number of nitrogens with zero attached hydrogens (tertiary/aromatic N) is 4. The number of unbranched alkanes of at least 4 members (excludes halogenated alkanes) is 1. The number of amides is 1.